The summed E-state index contributed by atoms with van der Waals surface area (Å²) < 4.78 is 0. The fourth-order valence-corrected chi connectivity index (χ4v) is 2.70. The van der Waals surface area contributed by atoms with Crippen LogP contribution in [-0.4, -0.2) is 27.6 Å². The number of hydrogen-bond acceptors (Lipinski definition) is 6. The van der Waals surface area contributed by atoms with Gasteiger partial charge in [-0.1, -0.05) is 25.2 Å². The van der Waals surface area contributed by atoms with Crippen LogP contribution in [0.3, 0.4) is 0 Å². The van der Waals surface area contributed by atoms with Crippen LogP contribution in [0.25, 0.3) is 0 Å². The first-order valence-corrected chi connectivity index (χ1v) is 7.73. The van der Waals surface area contributed by atoms with Gasteiger partial charge in [-0.05, 0) is 25.0 Å². The minimum atomic E-state index is -0.205. The number of amides is 1. The summed E-state index contributed by atoms with van der Waals surface area (Å²) in [5.74, 6) is 0.996. The highest BCUT2D eigenvalue weighted by molar-refractivity contribution is 7.15. The Kier molecular flexibility index (Phi) is 5.21. The summed E-state index contributed by atoms with van der Waals surface area (Å²) in [6, 6.07) is 3.39. The monoisotopic (exact) mass is 305 g/mol. The third-order valence-electron chi connectivity index (χ3n) is 2.65. The van der Waals surface area contributed by atoms with Crippen LogP contribution in [0.4, 0.5) is 10.9 Å². The number of anilines is 2. The first-order chi connectivity index (χ1) is 10.1. The van der Waals surface area contributed by atoms with Gasteiger partial charge in [0.1, 0.15) is 10.8 Å². The number of aromatic nitrogens is 3. The van der Waals surface area contributed by atoms with Gasteiger partial charge in [0, 0.05) is 24.7 Å². The zero-order valence-corrected chi connectivity index (χ0v) is 13.2. The molecule has 0 atom stereocenters. The highest BCUT2D eigenvalue weighted by Crippen LogP contribution is 2.19. The van der Waals surface area contributed by atoms with Crippen molar-refractivity contribution in [3.63, 3.8) is 0 Å². The van der Waals surface area contributed by atoms with E-state index in [0.29, 0.717) is 22.4 Å². The quantitative estimate of drug-likeness (QED) is 0.858. The van der Waals surface area contributed by atoms with E-state index in [4.69, 9.17) is 0 Å². The van der Waals surface area contributed by atoms with Gasteiger partial charge in [-0.3, -0.25) is 10.1 Å². The second-order valence-corrected chi connectivity index (χ2v) is 6.08. The molecule has 1 amide bonds. The van der Waals surface area contributed by atoms with Gasteiger partial charge in [-0.2, -0.15) is 0 Å². The molecule has 0 fully saturated rings. The SMILES string of the molecule is CCNc1cc(C(=O)Nc2nnc(CC(C)C)s2)ccn1. The van der Waals surface area contributed by atoms with Crippen molar-refractivity contribution in [2.75, 3.05) is 17.2 Å². The molecule has 21 heavy (non-hydrogen) atoms. The van der Waals surface area contributed by atoms with Gasteiger partial charge in [-0.25, -0.2) is 4.98 Å². The number of nitrogens with zero attached hydrogens (tertiary/aromatic N) is 3. The standard InChI is InChI=1S/C14H19N5OS/c1-4-15-11-8-10(5-6-16-11)13(20)17-14-19-18-12(21-14)7-9(2)3/h5-6,8-9H,4,7H2,1-3H3,(H,15,16)(H,17,19,20). The second kappa shape index (κ2) is 7.12. The van der Waals surface area contributed by atoms with E-state index in [-0.39, 0.29) is 5.91 Å². The molecule has 7 heteroatoms. The molecule has 0 aliphatic carbocycles. The molecule has 6 nitrogen and oxygen atoms in total. The third-order valence-corrected chi connectivity index (χ3v) is 3.51. The largest absolute Gasteiger partial charge is 0.370 e. The van der Waals surface area contributed by atoms with Crippen molar-refractivity contribution in [1.29, 1.82) is 0 Å². The van der Waals surface area contributed by atoms with Crippen molar-refractivity contribution in [1.82, 2.24) is 15.2 Å². The average molecular weight is 305 g/mol. The van der Waals surface area contributed by atoms with Crippen molar-refractivity contribution < 1.29 is 4.79 Å². The Morgan fingerprint density at radius 3 is 2.90 bits per heavy atom. The number of nitrogens with one attached hydrogen (secondary N) is 2. The Morgan fingerprint density at radius 1 is 1.38 bits per heavy atom. The van der Waals surface area contributed by atoms with Crippen molar-refractivity contribution in [3.05, 3.63) is 28.9 Å². The van der Waals surface area contributed by atoms with Gasteiger partial charge in [0.2, 0.25) is 5.13 Å². The van der Waals surface area contributed by atoms with Crippen LogP contribution in [0.5, 0.6) is 0 Å². The number of carbonyl (C=O) groups excluding carboxylic acids is 1. The Labute approximate surface area is 128 Å². The van der Waals surface area contributed by atoms with Crippen molar-refractivity contribution in [3.8, 4) is 0 Å². The van der Waals surface area contributed by atoms with Crippen LogP contribution in [0.1, 0.15) is 36.1 Å². The van der Waals surface area contributed by atoms with Crippen LogP contribution in [-0.2, 0) is 6.42 Å². The summed E-state index contributed by atoms with van der Waals surface area (Å²) in [5.41, 5.74) is 0.543. The van der Waals surface area contributed by atoms with Crippen LogP contribution in [0, 0.1) is 5.92 Å². The lowest BCUT2D eigenvalue weighted by Gasteiger charge is -2.04. The van der Waals surface area contributed by atoms with E-state index >= 15 is 0 Å². The van der Waals surface area contributed by atoms with Gasteiger partial charge in [0.15, 0.2) is 0 Å². The summed E-state index contributed by atoms with van der Waals surface area (Å²) in [7, 11) is 0. The molecule has 0 saturated heterocycles. The molecule has 0 spiro atoms. The number of pyridine rings is 1. The van der Waals surface area contributed by atoms with Crippen LogP contribution < -0.4 is 10.6 Å². The summed E-state index contributed by atoms with van der Waals surface area (Å²) >= 11 is 1.41. The fraction of sp³-hybridized carbons (Fsp3) is 0.429. The Bertz CT molecular complexity index is 611. The predicted molar refractivity (Wildman–Crippen MR) is 84.8 cm³/mol. The lowest BCUT2D eigenvalue weighted by Crippen LogP contribution is -2.12. The first kappa shape index (κ1) is 15.4. The van der Waals surface area contributed by atoms with Gasteiger partial charge < -0.3 is 5.32 Å². The normalized spacial score (nSPS) is 10.7. The summed E-state index contributed by atoms with van der Waals surface area (Å²) in [6.45, 7) is 6.98. The van der Waals surface area contributed by atoms with E-state index in [1.807, 2.05) is 6.92 Å². The van der Waals surface area contributed by atoms with E-state index in [1.54, 1.807) is 18.3 Å². The summed E-state index contributed by atoms with van der Waals surface area (Å²) in [5, 5.41) is 15.4. The molecule has 0 aliphatic heterocycles. The maximum atomic E-state index is 12.2. The Morgan fingerprint density at radius 2 is 2.19 bits per heavy atom. The lowest BCUT2D eigenvalue weighted by molar-refractivity contribution is 0.102. The van der Waals surface area contributed by atoms with E-state index < -0.39 is 0 Å². The topological polar surface area (TPSA) is 79.8 Å². The Balaban J connectivity index is 2.03. The fourth-order valence-electron chi connectivity index (χ4n) is 1.75. The van der Waals surface area contributed by atoms with Gasteiger partial charge >= 0.3 is 0 Å². The van der Waals surface area contributed by atoms with Crippen molar-refractivity contribution in [2.45, 2.75) is 27.2 Å². The van der Waals surface area contributed by atoms with Crippen LogP contribution in [0.2, 0.25) is 0 Å². The molecule has 0 aromatic carbocycles. The molecule has 0 radical (unpaired) electrons. The highest BCUT2D eigenvalue weighted by Gasteiger charge is 2.11. The molecule has 2 heterocycles. The molecular weight excluding hydrogens is 286 g/mol. The molecule has 0 aliphatic rings. The molecular formula is C14H19N5OS. The molecule has 112 valence electrons. The molecule has 2 N–H and O–H groups in total. The number of carbonyl (C=O) groups is 1. The molecule has 0 saturated carbocycles. The Hall–Kier alpha value is -2.02. The van der Waals surface area contributed by atoms with Crippen molar-refractivity contribution in [2.24, 2.45) is 5.92 Å². The minimum absolute atomic E-state index is 0.205. The maximum absolute atomic E-state index is 12.2. The third kappa shape index (κ3) is 4.49. The smallest absolute Gasteiger partial charge is 0.257 e. The number of rotatable bonds is 6. The first-order valence-electron chi connectivity index (χ1n) is 6.92. The minimum Gasteiger partial charge on any atom is -0.370 e. The van der Waals surface area contributed by atoms with E-state index in [2.05, 4.69) is 39.7 Å². The summed E-state index contributed by atoms with van der Waals surface area (Å²) in [6.07, 6.45) is 2.48. The zero-order chi connectivity index (χ0) is 15.2. The molecule has 2 rings (SSSR count). The second-order valence-electron chi connectivity index (χ2n) is 5.01. The summed E-state index contributed by atoms with van der Waals surface area (Å²) in [4.78, 5) is 16.3. The van der Waals surface area contributed by atoms with Gasteiger partial charge in [-0.15, -0.1) is 10.2 Å². The zero-order valence-electron chi connectivity index (χ0n) is 12.4. The molecule has 0 unspecified atom stereocenters. The predicted octanol–water partition coefficient (Wildman–Crippen LogP) is 2.82. The van der Waals surface area contributed by atoms with Crippen molar-refractivity contribution >= 4 is 28.2 Å². The maximum Gasteiger partial charge on any atom is 0.257 e. The lowest BCUT2D eigenvalue weighted by atomic mass is 10.1. The van der Waals surface area contributed by atoms with Crippen LogP contribution in [0.15, 0.2) is 18.3 Å². The van der Waals surface area contributed by atoms with E-state index in [1.165, 1.54) is 11.3 Å². The van der Waals surface area contributed by atoms with Gasteiger partial charge in [0.05, 0.1) is 0 Å². The van der Waals surface area contributed by atoms with E-state index in [9.17, 15) is 4.79 Å². The molecule has 2 aromatic heterocycles. The molecule has 0 bridgehead atoms. The van der Waals surface area contributed by atoms with Gasteiger partial charge in [0.25, 0.3) is 5.91 Å². The molecule has 2 aromatic rings. The average Bonchev–Trinajstić information content (AvgIpc) is 2.86. The number of hydrogen-bond donors (Lipinski definition) is 2. The highest BCUT2D eigenvalue weighted by atomic mass is 32.1. The van der Waals surface area contributed by atoms with E-state index in [0.717, 1.165) is 18.0 Å². The van der Waals surface area contributed by atoms with Crippen LogP contribution >= 0.6 is 11.3 Å².